The van der Waals surface area contributed by atoms with Crippen LogP contribution in [0.2, 0.25) is 0 Å². The number of methoxy groups -OCH3 is 1. The Balaban J connectivity index is 1.19. The minimum absolute atomic E-state index is 0.0631. The van der Waals surface area contributed by atoms with Gasteiger partial charge in [-0.3, -0.25) is 4.79 Å². The third-order valence-electron chi connectivity index (χ3n) is 21.8. The Morgan fingerprint density at radius 1 is 0.850 bits per heavy atom. The first-order valence-corrected chi connectivity index (χ1v) is 24.5. The van der Waals surface area contributed by atoms with E-state index in [-0.39, 0.29) is 41.1 Å². The molecule has 7 aliphatic carbocycles. The maximum Gasteiger partial charge on any atom is 0.309 e. The van der Waals surface area contributed by atoms with Gasteiger partial charge in [-0.25, -0.2) is 0 Å². The number of hydrogen-bond donors (Lipinski definition) is 4. The molecule has 4 N–H and O–H groups in total. The van der Waals surface area contributed by atoms with Crippen LogP contribution in [0.5, 0.6) is 0 Å². The van der Waals surface area contributed by atoms with E-state index in [1.54, 1.807) is 7.11 Å². The van der Waals surface area contributed by atoms with E-state index in [0.29, 0.717) is 31.8 Å². The first-order valence-electron chi connectivity index (χ1n) is 24.5. The molecule has 1 aliphatic heterocycles. The van der Waals surface area contributed by atoms with Crippen LogP contribution in [0, 0.1) is 78.8 Å². The van der Waals surface area contributed by atoms with Crippen LogP contribution >= 0.6 is 0 Å². The Kier molecular flexibility index (Phi) is 10.7. The highest BCUT2D eigenvalue weighted by Crippen LogP contribution is 2.87. The van der Waals surface area contributed by atoms with E-state index in [0.717, 1.165) is 82.1 Å². The van der Waals surface area contributed by atoms with Crippen molar-refractivity contribution in [2.45, 2.75) is 187 Å². The summed E-state index contributed by atoms with van der Waals surface area (Å²) in [5, 5.41) is 48.8. The molecule has 1 aromatic rings. The van der Waals surface area contributed by atoms with Gasteiger partial charge in [-0.2, -0.15) is 0 Å². The summed E-state index contributed by atoms with van der Waals surface area (Å²) >= 11 is 0. The highest BCUT2D eigenvalue weighted by molar-refractivity contribution is 5.74. The first-order chi connectivity index (χ1) is 28.5. The van der Waals surface area contributed by atoms with Crippen molar-refractivity contribution in [3.8, 4) is 11.8 Å². The van der Waals surface area contributed by atoms with Gasteiger partial charge in [0.2, 0.25) is 0 Å². The maximum atomic E-state index is 13.2. The summed E-state index contributed by atoms with van der Waals surface area (Å²) in [7, 11) is 1.73. The summed E-state index contributed by atoms with van der Waals surface area (Å²) in [5.74, 6) is 7.43. The SMILES string of the molecule is COCCc1ccc(C[C@H]2O[C@@]3(O)C[C@@H](O)[C@]4(CO)[C@]2(CC[C@@]25C#CC[C@@H](CCC6CCCC6)CC[C@@]6(CC[C@]24C)[C@@H]2C[C@](C)(C(=O)O)CC[C@@]2(C)CC[C@@]65C)[C@@H]3C)cc1. The normalized spacial score (nSPS) is 49.5. The molecule has 7 fully saturated rings. The number of carboxylic acids is 1. The van der Waals surface area contributed by atoms with Crippen LogP contribution in [-0.4, -0.2) is 64.7 Å². The third kappa shape index (κ3) is 5.61. The van der Waals surface area contributed by atoms with Crippen molar-refractivity contribution in [1.29, 1.82) is 0 Å². The summed E-state index contributed by atoms with van der Waals surface area (Å²) in [6, 6.07) is 8.71. The summed E-state index contributed by atoms with van der Waals surface area (Å²) in [6.07, 6.45) is 19.0. The molecule has 9 rings (SSSR count). The highest BCUT2D eigenvalue weighted by atomic mass is 16.6. The van der Waals surface area contributed by atoms with E-state index in [1.807, 2.05) is 6.92 Å². The number of ether oxygens (including phenoxy) is 2. The van der Waals surface area contributed by atoms with Gasteiger partial charge in [0.05, 0.1) is 30.8 Å². The molecule has 0 aromatic heterocycles. The second kappa shape index (κ2) is 14.8. The average molecular weight is 827 g/mol. The van der Waals surface area contributed by atoms with Crippen molar-refractivity contribution in [2.24, 2.45) is 67.0 Å². The smallest absolute Gasteiger partial charge is 0.309 e. The van der Waals surface area contributed by atoms with Crippen LogP contribution in [0.1, 0.15) is 168 Å². The van der Waals surface area contributed by atoms with Crippen LogP contribution in [0.25, 0.3) is 0 Å². The highest BCUT2D eigenvalue weighted by Gasteiger charge is 2.87. The van der Waals surface area contributed by atoms with Crippen molar-refractivity contribution in [1.82, 2.24) is 0 Å². The van der Waals surface area contributed by atoms with Gasteiger partial charge >= 0.3 is 5.97 Å². The average Bonchev–Trinajstić information content (AvgIpc) is 3.80. The molecule has 7 nitrogen and oxygen atoms in total. The monoisotopic (exact) mass is 827 g/mol. The van der Waals surface area contributed by atoms with Gasteiger partial charge in [-0.05, 0) is 147 Å². The molecule has 1 saturated heterocycles. The fraction of sp³-hybridized carbons (Fsp3) is 0.830. The predicted molar refractivity (Wildman–Crippen MR) is 234 cm³/mol. The largest absolute Gasteiger partial charge is 0.481 e. The molecule has 0 amide bonds. The third-order valence-corrected chi connectivity index (χ3v) is 21.8. The molecule has 1 aromatic carbocycles. The van der Waals surface area contributed by atoms with Crippen molar-refractivity contribution in [3.05, 3.63) is 35.4 Å². The lowest BCUT2D eigenvalue weighted by Crippen LogP contribution is -2.80. The van der Waals surface area contributed by atoms with E-state index in [2.05, 4.69) is 63.8 Å². The maximum absolute atomic E-state index is 13.2. The summed E-state index contributed by atoms with van der Waals surface area (Å²) in [4.78, 5) is 13.2. The van der Waals surface area contributed by atoms with Gasteiger partial charge in [0.1, 0.15) is 0 Å². The number of aliphatic hydroxyl groups is 3. The molecule has 2 spiro atoms. The number of hydrogen-bond acceptors (Lipinski definition) is 6. The van der Waals surface area contributed by atoms with Crippen LogP contribution < -0.4 is 0 Å². The van der Waals surface area contributed by atoms with Crippen molar-refractivity contribution in [3.63, 3.8) is 0 Å². The number of rotatable bonds is 10. The second-order valence-corrected chi connectivity index (χ2v) is 23.5. The topological polar surface area (TPSA) is 116 Å². The molecule has 14 atom stereocenters. The lowest BCUT2D eigenvalue weighted by atomic mass is 9.21. The zero-order valence-corrected chi connectivity index (χ0v) is 38.1. The van der Waals surface area contributed by atoms with Crippen LogP contribution in [0.15, 0.2) is 24.3 Å². The molecule has 60 heavy (non-hydrogen) atoms. The number of carboxylic acid groups (broad SMARTS) is 1. The predicted octanol–water partition coefficient (Wildman–Crippen LogP) is 9.91. The zero-order chi connectivity index (χ0) is 42.6. The van der Waals surface area contributed by atoms with Crippen molar-refractivity contribution < 1.29 is 34.7 Å². The zero-order valence-electron chi connectivity index (χ0n) is 38.1. The van der Waals surface area contributed by atoms with Gasteiger partial charge in [-0.15, -0.1) is 5.92 Å². The van der Waals surface area contributed by atoms with Crippen molar-refractivity contribution >= 4 is 5.97 Å². The molecular formula is C53H78O7. The lowest BCUT2D eigenvalue weighted by Gasteiger charge is -2.81. The summed E-state index contributed by atoms with van der Waals surface area (Å²) in [6.45, 7) is 12.2. The molecule has 0 radical (unpaired) electrons. The van der Waals surface area contributed by atoms with Gasteiger partial charge in [0.15, 0.2) is 5.79 Å². The fourth-order valence-corrected chi connectivity index (χ4v) is 18.0. The van der Waals surface area contributed by atoms with E-state index >= 15 is 0 Å². The standard InChI is InChI=1S/C53H78O7/c1-36-51-30-29-50-21-9-12-38(14-13-37-10-7-8-11-37)19-22-49(41-33-46(3,44(56)57)24-23-45(41,2)25-26-47(49,50)4)28-27-48(50,5)52(51,35-54)42(55)34-53(36,58)60-43(51)32-40-17-15-39(16-18-40)20-31-59-6/h15-18,36-38,41-43,54-55,58H,7-8,10-14,19-20,22-35H2,1-6H3,(H,56,57)/t36-,38-,41+,42+,43+,45-,46+,47-,48+,49+,50+,51+,52-,53-/m0/s1. The van der Waals surface area contributed by atoms with Gasteiger partial charge in [0, 0.05) is 42.1 Å². The first kappa shape index (κ1) is 43.3. The number of fused-ring (bicyclic) bond motifs is 3. The molecular weight excluding hydrogens is 749 g/mol. The Morgan fingerprint density at radius 2 is 1.53 bits per heavy atom. The van der Waals surface area contributed by atoms with Gasteiger partial charge in [0.25, 0.3) is 0 Å². The summed E-state index contributed by atoms with van der Waals surface area (Å²) in [5.41, 5.74) is -1.54. The fourth-order valence-electron chi connectivity index (χ4n) is 18.0. The van der Waals surface area contributed by atoms with E-state index in [1.165, 1.54) is 44.1 Å². The summed E-state index contributed by atoms with van der Waals surface area (Å²) < 4.78 is 12.3. The Morgan fingerprint density at radius 3 is 2.23 bits per heavy atom. The van der Waals surface area contributed by atoms with Crippen molar-refractivity contribution in [2.75, 3.05) is 20.3 Å². The Bertz CT molecular complexity index is 1860. The van der Waals surface area contributed by atoms with Gasteiger partial charge < -0.3 is 29.9 Å². The molecule has 4 bridgehead atoms. The lowest BCUT2D eigenvalue weighted by molar-refractivity contribution is -0.355. The second-order valence-electron chi connectivity index (χ2n) is 23.5. The van der Waals surface area contributed by atoms with Gasteiger partial charge in [-0.1, -0.05) is 90.0 Å². The Hall–Kier alpha value is -1.95. The number of aliphatic carboxylic acids is 1. The number of benzene rings is 1. The Labute approximate surface area is 361 Å². The van der Waals surface area contributed by atoms with Crippen LogP contribution in [-0.2, 0) is 27.1 Å². The minimum Gasteiger partial charge on any atom is -0.481 e. The van der Waals surface area contributed by atoms with E-state index in [4.69, 9.17) is 9.47 Å². The van der Waals surface area contributed by atoms with Crippen LogP contribution in [0.3, 0.4) is 0 Å². The molecule has 7 heteroatoms. The quantitative estimate of drug-likeness (QED) is 0.174. The molecule has 0 unspecified atom stereocenters. The molecule has 6 saturated carbocycles. The number of aliphatic hydroxyl groups excluding tert-OH is 2. The van der Waals surface area contributed by atoms with Crippen LogP contribution in [0.4, 0.5) is 0 Å². The molecule has 8 aliphatic rings. The molecule has 332 valence electrons. The van der Waals surface area contributed by atoms with E-state index in [9.17, 15) is 25.2 Å². The minimum atomic E-state index is -1.49. The number of carbonyl (C=O) groups is 1. The molecule has 1 heterocycles. The van der Waals surface area contributed by atoms with E-state index < -0.39 is 51.0 Å².